The summed E-state index contributed by atoms with van der Waals surface area (Å²) in [6.45, 7) is 1.62. The van der Waals surface area contributed by atoms with E-state index in [2.05, 4.69) is 15.4 Å². The van der Waals surface area contributed by atoms with Gasteiger partial charge in [0.25, 0.3) is 11.8 Å². The highest BCUT2D eigenvalue weighted by Gasteiger charge is 2.25. The molecule has 1 unspecified atom stereocenters. The molecule has 2 atom stereocenters. The van der Waals surface area contributed by atoms with E-state index in [0.29, 0.717) is 20.6 Å². The Bertz CT molecular complexity index is 610. The summed E-state index contributed by atoms with van der Waals surface area (Å²) in [4.78, 5) is 35.4. The van der Waals surface area contributed by atoms with E-state index in [0.717, 1.165) is 7.11 Å². The van der Waals surface area contributed by atoms with Gasteiger partial charge in [-0.25, -0.2) is 4.79 Å². The number of anilines is 1. The number of methoxy groups -OCH3 is 1. The normalized spacial score (nSPS) is 12.9. The topological polar surface area (TPSA) is 88.9 Å². The number of imide groups is 1. The molecule has 9 heteroatoms. The highest BCUT2D eigenvalue weighted by Crippen LogP contribution is 2.24. The van der Waals surface area contributed by atoms with Gasteiger partial charge in [-0.3, -0.25) is 14.9 Å². The van der Waals surface area contributed by atoms with E-state index in [-0.39, 0.29) is 12.5 Å². The van der Waals surface area contributed by atoms with Gasteiger partial charge in [0, 0.05) is 5.69 Å². The molecule has 0 spiro atoms. The molecule has 0 aromatic heterocycles. The van der Waals surface area contributed by atoms with Crippen LogP contribution in [0.25, 0.3) is 0 Å². The largest absolute Gasteiger partial charge is 0.453 e. The molecule has 1 aromatic rings. The van der Waals surface area contributed by atoms with Crippen molar-refractivity contribution in [2.75, 3.05) is 26.0 Å². The van der Waals surface area contributed by atoms with Crippen LogP contribution < -0.4 is 15.5 Å². The molecule has 1 aromatic carbocycles. The van der Waals surface area contributed by atoms with Crippen molar-refractivity contribution >= 4 is 46.8 Å². The summed E-state index contributed by atoms with van der Waals surface area (Å²) in [5.74, 6) is -0.838. The monoisotopic (exact) mass is 362 g/mol. The van der Waals surface area contributed by atoms with Crippen LogP contribution >= 0.6 is 23.2 Å². The first-order valence-corrected chi connectivity index (χ1v) is 7.46. The molecule has 0 saturated heterocycles. The number of benzene rings is 1. The number of likely N-dealkylation sites (N-methyl/N-ethyl adjacent to an activating group) is 1. The molecule has 0 saturated carbocycles. The summed E-state index contributed by atoms with van der Waals surface area (Å²) < 4.78 is 4.35. The molecule has 0 aliphatic rings. The number of hydrogen-bond acceptors (Lipinski definition) is 4. The quantitative estimate of drug-likeness (QED) is 0.719. The van der Waals surface area contributed by atoms with Crippen LogP contribution in [0.1, 0.15) is 6.92 Å². The predicted octanol–water partition coefficient (Wildman–Crippen LogP) is 0.718. The van der Waals surface area contributed by atoms with E-state index in [1.54, 1.807) is 26.1 Å². The summed E-state index contributed by atoms with van der Waals surface area (Å²) in [5, 5.41) is 5.44. The van der Waals surface area contributed by atoms with E-state index >= 15 is 0 Å². The lowest BCUT2D eigenvalue weighted by Gasteiger charge is -2.20. The molecule has 126 valence electrons. The number of alkyl carbamates (subject to hydrolysis) is 1. The van der Waals surface area contributed by atoms with Crippen molar-refractivity contribution in [3.05, 3.63) is 28.2 Å². The molecule has 3 N–H and O–H groups in total. The zero-order valence-electron chi connectivity index (χ0n) is 12.9. The van der Waals surface area contributed by atoms with Crippen LogP contribution in [0, 0.1) is 0 Å². The maximum Gasteiger partial charge on any atom is 0.413 e. The molecule has 0 bridgehead atoms. The average Bonchev–Trinajstić information content (AvgIpc) is 2.49. The fourth-order valence-corrected chi connectivity index (χ4v) is 1.97. The second kappa shape index (κ2) is 8.71. The maximum atomic E-state index is 12.0. The Labute approximate surface area is 143 Å². The van der Waals surface area contributed by atoms with E-state index in [4.69, 9.17) is 23.2 Å². The van der Waals surface area contributed by atoms with Crippen molar-refractivity contribution in [2.24, 2.45) is 0 Å². The van der Waals surface area contributed by atoms with Gasteiger partial charge in [0.1, 0.15) is 0 Å². The first kappa shape index (κ1) is 19.2. The number of carbonyl (C=O) groups excluding carboxylic acids is 3. The number of rotatable bonds is 5. The standard InChI is InChI=1S/C14H17Cl2N3O4/c1-8(13(21)18-14(22)23-3)19(2)7-12(20)17-9-4-5-10(15)11(16)6-9/h4-6,8H,7H2,1-3H3,(H,17,20)(H,18,21,22)/p+1/t8-/m0/s1. The van der Waals surface area contributed by atoms with Crippen LogP contribution in [0.15, 0.2) is 18.2 Å². The fraction of sp³-hybridized carbons (Fsp3) is 0.357. The minimum Gasteiger partial charge on any atom is -0.453 e. The van der Waals surface area contributed by atoms with E-state index in [9.17, 15) is 14.4 Å². The molecule has 23 heavy (non-hydrogen) atoms. The first-order chi connectivity index (χ1) is 10.7. The molecule has 0 heterocycles. The first-order valence-electron chi connectivity index (χ1n) is 6.70. The number of hydrogen-bond donors (Lipinski definition) is 3. The van der Waals surface area contributed by atoms with Gasteiger partial charge in [-0.15, -0.1) is 0 Å². The van der Waals surface area contributed by atoms with Crippen molar-refractivity contribution in [3.63, 3.8) is 0 Å². The Morgan fingerprint density at radius 3 is 2.48 bits per heavy atom. The summed E-state index contributed by atoms with van der Waals surface area (Å²) in [6, 6.07) is 4.11. The average molecular weight is 363 g/mol. The van der Waals surface area contributed by atoms with Crippen LogP contribution in [-0.4, -0.2) is 44.7 Å². The molecule has 0 radical (unpaired) electrons. The van der Waals surface area contributed by atoms with Crippen LogP contribution in [0.2, 0.25) is 10.0 Å². The van der Waals surface area contributed by atoms with Gasteiger partial charge in [-0.2, -0.15) is 0 Å². The van der Waals surface area contributed by atoms with Gasteiger partial charge in [-0.1, -0.05) is 23.2 Å². The Hall–Kier alpha value is -1.83. The van der Waals surface area contributed by atoms with Gasteiger partial charge >= 0.3 is 6.09 Å². The summed E-state index contributed by atoms with van der Waals surface area (Å²) in [6.07, 6.45) is -0.838. The van der Waals surface area contributed by atoms with Crippen molar-refractivity contribution in [3.8, 4) is 0 Å². The maximum absolute atomic E-state index is 12.0. The van der Waals surface area contributed by atoms with E-state index in [1.807, 2.05) is 0 Å². The van der Waals surface area contributed by atoms with Crippen LogP contribution in [0.3, 0.4) is 0 Å². The van der Waals surface area contributed by atoms with Crippen LogP contribution in [0.5, 0.6) is 0 Å². The number of ether oxygens (including phenoxy) is 1. The summed E-state index contributed by atoms with van der Waals surface area (Å²) in [5.41, 5.74) is 0.504. The Morgan fingerprint density at radius 2 is 1.91 bits per heavy atom. The second-order valence-electron chi connectivity index (χ2n) is 4.90. The van der Waals surface area contributed by atoms with Crippen molar-refractivity contribution in [1.29, 1.82) is 0 Å². The lowest BCUT2D eigenvalue weighted by Crippen LogP contribution is -3.15. The zero-order valence-corrected chi connectivity index (χ0v) is 14.4. The SMILES string of the molecule is COC(=O)NC(=O)[C@H](C)[NH+](C)CC(=O)Nc1ccc(Cl)c(Cl)c1. The van der Waals surface area contributed by atoms with Crippen LogP contribution in [0.4, 0.5) is 10.5 Å². The Kier molecular flexibility index (Phi) is 7.28. The zero-order chi connectivity index (χ0) is 17.6. The van der Waals surface area contributed by atoms with Gasteiger partial charge in [0.2, 0.25) is 0 Å². The molecule has 0 aliphatic heterocycles. The third-order valence-electron chi connectivity index (χ3n) is 3.19. The number of amides is 3. The predicted molar refractivity (Wildman–Crippen MR) is 86.9 cm³/mol. The molecule has 1 rings (SSSR count). The van der Waals surface area contributed by atoms with Crippen molar-refractivity contribution in [2.45, 2.75) is 13.0 Å². The Balaban J connectivity index is 2.56. The summed E-state index contributed by atoms with van der Waals surface area (Å²) in [7, 11) is 2.82. The molecule has 0 aliphatic carbocycles. The van der Waals surface area contributed by atoms with Crippen LogP contribution in [-0.2, 0) is 14.3 Å². The third kappa shape index (κ3) is 6.05. The van der Waals surface area contributed by atoms with Gasteiger partial charge in [0.05, 0.1) is 24.2 Å². The molecule has 7 nitrogen and oxygen atoms in total. The fourth-order valence-electron chi connectivity index (χ4n) is 1.67. The molecular weight excluding hydrogens is 345 g/mol. The molecule has 0 fully saturated rings. The summed E-state index contributed by atoms with van der Waals surface area (Å²) >= 11 is 11.7. The minimum absolute atomic E-state index is 0.0238. The smallest absolute Gasteiger partial charge is 0.413 e. The van der Waals surface area contributed by atoms with E-state index in [1.165, 1.54) is 6.07 Å². The number of carbonyl (C=O) groups is 3. The van der Waals surface area contributed by atoms with Gasteiger partial charge < -0.3 is 15.0 Å². The molecular formula is C14H18Cl2N3O4+. The lowest BCUT2D eigenvalue weighted by molar-refractivity contribution is -0.885. The highest BCUT2D eigenvalue weighted by atomic mass is 35.5. The number of nitrogens with one attached hydrogen (secondary N) is 3. The highest BCUT2D eigenvalue weighted by molar-refractivity contribution is 6.42. The van der Waals surface area contributed by atoms with Crippen molar-refractivity contribution < 1.29 is 24.0 Å². The Morgan fingerprint density at radius 1 is 1.26 bits per heavy atom. The van der Waals surface area contributed by atoms with E-state index < -0.39 is 18.0 Å². The number of quaternary nitrogens is 1. The van der Waals surface area contributed by atoms with Gasteiger partial charge in [-0.05, 0) is 25.1 Å². The van der Waals surface area contributed by atoms with Gasteiger partial charge in [0.15, 0.2) is 12.6 Å². The number of halogens is 2. The lowest BCUT2D eigenvalue weighted by atomic mass is 10.2. The second-order valence-corrected chi connectivity index (χ2v) is 5.72. The minimum atomic E-state index is -0.838. The third-order valence-corrected chi connectivity index (χ3v) is 3.92. The molecule has 3 amide bonds. The van der Waals surface area contributed by atoms with Crippen molar-refractivity contribution in [1.82, 2.24) is 5.32 Å².